The average Bonchev–Trinajstić information content (AvgIpc) is 2.64. The molecule has 82 valence electrons. The Kier molecular flexibility index (Phi) is 2.72. The molecule has 0 N–H and O–H groups in total. The first kappa shape index (κ1) is 10.4. The largest absolute Gasteiger partial charge is 0.294 e. The van der Waals surface area contributed by atoms with Gasteiger partial charge in [-0.1, -0.05) is 0 Å². The number of hydrogen-bond donors (Lipinski definition) is 0. The Hall–Kier alpha value is -2.11. The van der Waals surface area contributed by atoms with Crippen molar-refractivity contribution in [3.8, 4) is 0 Å². The molecule has 6 heteroatoms. The summed E-state index contributed by atoms with van der Waals surface area (Å²) in [4.78, 5) is 17.2. The van der Waals surface area contributed by atoms with Gasteiger partial charge in [0, 0.05) is 18.0 Å². The second-order valence-corrected chi connectivity index (χ2v) is 3.49. The summed E-state index contributed by atoms with van der Waals surface area (Å²) in [5.41, 5.74) is 1.51. The van der Waals surface area contributed by atoms with Gasteiger partial charge >= 0.3 is 0 Å². The summed E-state index contributed by atoms with van der Waals surface area (Å²) in [6.45, 7) is 1.85. The van der Waals surface area contributed by atoms with E-state index in [1.165, 1.54) is 4.80 Å². The first-order valence-corrected chi connectivity index (χ1v) is 4.83. The van der Waals surface area contributed by atoms with E-state index in [9.17, 15) is 4.79 Å². The van der Waals surface area contributed by atoms with Gasteiger partial charge in [0.15, 0.2) is 11.6 Å². The maximum absolute atomic E-state index is 11.9. The summed E-state index contributed by atoms with van der Waals surface area (Å²) >= 11 is 0. The van der Waals surface area contributed by atoms with E-state index in [-0.39, 0.29) is 12.2 Å². The highest BCUT2D eigenvalue weighted by Crippen LogP contribution is 2.08. The second-order valence-electron chi connectivity index (χ2n) is 3.49. The molecular weight excluding hydrogens is 206 g/mol. The minimum atomic E-state index is -0.0205. The van der Waals surface area contributed by atoms with E-state index in [4.69, 9.17) is 0 Å². The maximum Gasteiger partial charge on any atom is 0.182 e. The van der Waals surface area contributed by atoms with Gasteiger partial charge in [0.2, 0.25) is 0 Å². The van der Waals surface area contributed by atoms with Gasteiger partial charge in [0.25, 0.3) is 0 Å². The molecular formula is C10H11N5O. The van der Waals surface area contributed by atoms with Crippen LogP contribution in [-0.2, 0) is 13.5 Å². The summed E-state index contributed by atoms with van der Waals surface area (Å²) in [6, 6.07) is 1.70. The van der Waals surface area contributed by atoms with Gasteiger partial charge < -0.3 is 0 Å². The maximum atomic E-state index is 11.9. The highest BCUT2D eigenvalue weighted by molar-refractivity contribution is 5.98. The van der Waals surface area contributed by atoms with E-state index in [0.717, 1.165) is 5.56 Å². The van der Waals surface area contributed by atoms with Gasteiger partial charge in [-0.05, 0) is 23.8 Å². The second kappa shape index (κ2) is 4.18. The topological polar surface area (TPSA) is 73.6 Å². The number of aromatic nitrogens is 5. The average molecular weight is 217 g/mol. The van der Waals surface area contributed by atoms with Gasteiger partial charge in [-0.3, -0.25) is 9.78 Å². The molecule has 2 heterocycles. The predicted molar refractivity (Wildman–Crippen MR) is 55.8 cm³/mol. The van der Waals surface area contributed by atoms with Gasteiger partial charge in [-0.25, -0.2) is 0 Å². The number of Topliss-reactive ketones (excluding diaryl/α,β-unsaturated/α-hetero) is 1. The third kappa shape index (κ3) is 2.10. The zero-order chi connectivity index (χ0) is 11.5. The van der Waals surface area contributed by atoms with Crippen molar-refractivity contribution in [1.29, 1.82) is 0 Å². The van der Waals surface area contributed by atoms with Crippen molar-refractivity contribution in [2.75, 3.05) is 0 Å². The molecule has 2 aromatic heterocycles. The number of aryl methyl sites for hydroxylation is 2. The van der Waals surface area contributed by atoms with Crippen LogP contribution in [0, 0.1) is 6.92 Å². The highest BCUT2D eigenvalue weighted by atomic mass is 16.1. The lowest BCUT2D eigenvalue weighted by atomic mass is 10.1. The van der Waals surface area contributed by atoms with Crippen LogP contribution >= 0.6 is 0 Å². The lowest BCUT2D eigenvalue weighted by Gasteiger charge is -2.01. The summed E-state index contributed by atoms with van der Waals surface area (Å²) in [7, 11) is 1.67. The van der Waals surface area contributed by atoms with E-state index in [0.29, 0.717) is 11.4 Å². The van der Waals surface area contributed by atoms with E-state index < -0.39 is 0 Å². The molecule has 0 atom stereocenters. The molecule has 0 unspecified atom stereocenters. The molecule has 2 aromatic rings. The number of rotatable bonds is 3. The molecule has 0 spiro atoms. The Bertz CT molecular complexity index is 519. The molecule has 0 saturated carbocycles. The minimum absolute atomic E-state index is 0.0205. The molecule has 16 heavy (non-hydrogen) atoms. The van der Waals surface area contributed by atoms with E-state index in [2.05, 4.69) is 20.4 Å². The van der Waals surface area contributed by atoms with E-state index >= 15 is 0 Å². The molecule has 0 aliphatic rings. The number of carbonyl (C=O) groups excluding carboxylic acids is 1. The molecule has 6 nitrogen and oxygen atoms in total. The Morgan fingerprint density at radius 3 is 2.94 bits per heavy atom. The molecule has 0 amide bonds. The monoisotopic (exact) mass is 217 g/mol. The lowest BCUT2D eigenvalue weighted by Crippen LogP contribution is -2.07. The normalized spacial score (nSPS) is 10.4. The molecule has 0 aliphatic carbocycles. The van der Waals surface area contributed by atoms with Crippen molar-refractivity contribution < 1.29 is 4.79 Å². The molecule has 0 radical (unpaired) electrons. The van der Waals surface area contributed by atoms with Crippen LogP contribution in [0.2, 0.25) is 0 Å². The van der Waals surface area contributed by atoms with Crippen LogP contribution in [0.5, 0.6) is 0 Å². The van der Waals surface area contributed by atoms with Crippen molar-refractivity contribution in [3.05, 3.63) is 35.4 Å². The number of pyridine rings is 1. The van der Waals surface area contributed by atoms with E-state index in [1.54, 1.807) is 25.5 Å². The van der Waals surface area contributed by atoms with Crippen molar-refractivity contribution >= 4 is 5.78 Å². The fourth-order valence-corrected chi connectivity index (χ4v) is 1.42. The SMILES string of the molecule is Cc1cnccc1C(=O)Cc1nnn(C)n1. The first-order valence-electron chi connectivity index (χ1n) is 4.83. The van der Waals surface area contributed by atoms with Gasteiger partial charge in [0.1, 0.15) is 0 Å². The van der Waals surface area contributed by atoms with Crippen molar-refractivity contribution in [2.45, 2.75) is 13.3 Å². The van der Waals surface area contributed by atoms with Crippen LogP contribution in [-0.4, -0.2) is 31.0 Å². The van der Waals surface area contributed by atoms with Gasteiger partial charge in [0.05, 0.1) is 13.5 Å². The highest BCUT2D eigenvalue weighted by Gasteiger charge is 2.12. The molecule has 0 bridgehead atoms. The smallest absolute Gasteiger partial charge is 0.182 e. The fourth-order valence-electron chi connectivity index (χ4n) is 1.42. The number of hydrogen-bond acceptors (Lipinski definition) is 5. The fraction of sp³-hybridized carbons (Fsp3) is 0.300. The van der Waals surface area contributed by atoms with Crippen LogP contribution in [0.4, 0.5) is 0 Å². The third-order valence-electron chi connectivity index (χ3n) is 2.19. The van der Waals surface area contributed by atoms with E-state index in [1.807, 2.05) is 6.92 Å². The summed E-state index contributed by atoms with van der Waals surface area (Å²) in [5, 5.41) is 11.4. The number of ketones is 1. The zero-order valence-corrected chi connectivity index (χ0v) is 9.08. The lowest BCUT2D eigenvalue weighted by molar-refractivity contribution is 0.0990. The predicted octanol–water partition coefficient (Wildman–Crippen LogP) is 0.339. The van der Waals surface area contributed by atoms with Crippen LogP contribution in [0.1, 0.15) is 21.7 Å². The van der Waals surface area contributed by atoms with Gasteiger partial charge in [-0.2, -0.15) is 4.80 Å². The summed E-state index contributed by atoms with van der Waals surface area (Å²) in [5.74, 6) is 0.414. The quantitative estimate of drug-likeness (QED) is 0.693. The third-order valence-corrected chi connectivity index (χ3v) is 2.19. The van der Waals surface area contributed by atoms with Crippen molar-refractivity contribution in [1.82, 2.24) is 25.2 Å². The van der Waals surface area contributed by atoms with Crippen LogP contribution in [0.25, 0.3) is 0 Å². The Labute approximate surface area is 92.3 Å². The van der Waals surface area contributed by atoms with Crippen LogP contribution in [0.3, 0.4) is 0 Å². The molecule has 2 rings (SSSR count). The van der Waals surface area contributed by atoms with Gasteiger partial charge in [-0.15, -0.1) is 10.2 Å². The number of carbonyl (C=O) groups is 1. The standard InChI is InChI=1S/C10H11N5O/c1-7-6-11-4-3-8(7)9(16)5-10-12-14-15(2)13-10/h3-4,6H,5H2,1-2H3. The molecule has 0 aliphatic heterocycles. The van der Waals surface area contributed by atoms with Crippen LogP contribution < -0.4 is 0 Å². The molecule has 0 fully saturated rings. The Morgan fingerprint density at radius 1 is 1.50 bits per heavy atom. The first-order chi connectivity index (χ1) is 7.66. The zero-order valence-electron chi connectivity index (χ0n) is 9.08. The molecule has 0 saturated heterocycles. The van der Waals surface area contributed by atoms with Crippen molar-refractivity contribution in [2.24, 2.45) is 7.05 Å². The molecule has 0 aromatic carbocycles. The number of tetrazole rings is 1. The summed E-state index contributed by atoms with van der Waals surface area (Å²) in [6.07, 6.45) is 3.43. The summed E-state index contributed by atoms with van der Waals surface area (Å²) < 4.78 is 0. The minimum Gasteiger partial charge on any atom is -0.294 e. The Morgan fingerprint density at radius 2 is 2.31 bits per heavy atom. The van der Waals surface area contributed by atoms with Crippen molar-refractivity contribution in [3.63, 3.8) is 0 Å². The van der Waals surface area contributed by atoms with Crippen LogP contribution in [0.15, 0.2) is 18.5 Å². The Balaban J connectivity index is 2.18. The number of nitrogens with zero attached hydrogens (tertiary/aromatic N) is 5.